The Balaban J connectivity index is 1.35. The Morgan fingerprint density at radius 2 is 1.85 bits per heavy atom. The molecule has 3 aromatic rings. The van der Waals surface area contributed by atoms with Gasteiger partial charge in [-0.25, -0.2) is 28.6 Å². The predicted molar refractivity (Wildman–Crippen MR) is 158 cm³/mol. The summed E-state index contributed by atoms with van der Waals surface area (Å²) in [7, 11) is -9.94. The van der Waals surface area contributed by atoms with Crippen molar-refractivity contribution < 1.29 is 56.7 Å². The van der Waals surface area contributed by atoms with Crippen LogP contribution in [0.3, 0.4) is 0 Å². The molecule has 19 nitrogen and oxygen atoms in total. The number of urea groups is 1. The molecule has 0 bridgehead atoms. The maximum absolute atomic E-state index is 12.6. The van der Waals surface area contributed by atoms with Crippen LogP contribution in [0.2, 0.25) is 0 Å². The van der Waals surface area contributed by atoms with Gasteiger partial charge in [-0.05, 0) is 18.6 Å². The number of amides is 2. The third kappa shape index (κ3) is 8.40. The van der Waals surface area contributed by atoms with Crippen LogP contribution in [0.4, 0.5) is 10.6 Å². The number of carbonyl (C=O) groups is 2. The van der Waals surface area contributed by atoms with E-state index in [0.717, 1.165) is 5.56 Å². The number of carboxylic acid groups (broad SMARTS) is 1. The lowest BCUT2D eigenvalue weighted by Crippen LogP contribution is -2.31. The zero-order valence-corrected chi connectivity index (χ0v) is 25.9. The van der Waals surface area contributed by atoms with Crippen molar-refractivity contribution in [1.29, 1.82) is 0 Å². The lowest BCUT2D eigenvalue weighted by molar-refractivity contribution is -0.135. The number of benzene rings is 1. The first-order chi connectivity index (χ1) is 21.9. The Morgan fingerprint density at radius 1 is 1.09 bits per heavy atom. The van der Waals surface area contributed by atoms with Crippen molar-refractivity contribution in [3.05, 3.63) is 54.6 Å². The first-order valence-electron chi connectivity index (χ1n) is 13.8. The van der Waals surface area contributed by atoms with E-state index in [1.165, 1.54) is 17.2 Å². The molecule has 2 aliphatic rings. The molecular weight excluding hydrogens is 652 g/mol. The average molecular weight is 684 g/mol. The van der Waals surface area contributed by atoms with Crippen LogP contribution >= 0.6 is 15.4 Å². The number of fused-ring (bicyclic) bond motifs is 2. The van der Waals surface area contributed by atoms with Gasteiger partial charge in [0.05, 0.1) is 25.8 Å². The fourth-order valence-electron chi connectivity index (χ4n) is 4.69. The number of nitrogens with one attached hydrogen (secondary N) is 3. The number of carbonyl (C=O) groups excluding carboxylic acids is 1. The van der Waals surface area contributed by atoms with Crippen LogP contribution in [0.1, 0.15) is 18.7 Å². The number of nitrogens with zero attached hydrogens (tertiary/aromatic N) is 4. The average Bonchev–Trinajstić information content (AvgIpc) is 3.69. The maximum atomic E-state index is 12.6. The van der Waals surface area contributed by atoms with Gasteiger partial charge in [0, 0.05) is 6.54 Å². The third-order valence-electron chi connectivity index (χ3n) is 6.54. The van der Waals surface area contributed by atoms with Gasteiger partial charge in [-0.15, -0.1) is 0 Å². The van der Waals surface area contributed by atoms with Crippen LogP contribution in [-0.2, 0) is 37.0 Å². The highest BCUT2D eigenvalue weighted by atomic mass is 31.3. The molecule has 0 radical (unpaired) electrons. The summed E-state index contributed by atoms with van der Waals surface area (Å²) < 4.78 is 54.1. The molecule has 2 aliphatic heterocycles. The van der Waals surface area contributed by atoms with E-state index in [2.05, 4.69) is 35.2 Å². The van der Waals surface area contributed by atoms with Crippen LogP contribution in [0.25, 0.3) is 17.2 Å². The number of phosphoric acid groups is 1. The van der Waals surface area contributed by atoms with Crippen molar-refractivity contribution >= 4 is 50.5 Å². The molecule has 2 saturated heterocycles. The Morgan fingerprint density at radius 3 is 2.59 bits per heavy atom. The molecule has 3 unspecified atom stereocenters. The number of hydrogen-bond acceptors (Lipinski definition) is 13. The summed E-state index contributed by atoms with van der Waals surface area (Å²) in [6.45, 7) is 0.822. The van der Waals surface area contributed by atoms with Gasteiger partial charge in [0.25, 0.3) is 0 Å². The number of imidazole rings is 1. The molecule has 0 spiro atoms. The number of phosphoric ester groups is 1. The number of rotatable bonds is 14. The van der Waals surface area contributed by atoms with E-state index in [4.69, 9.17) is 23.8 Å². The van der Waals surface area contributed by atoms with Crippen molar-refractivity contribution in [2.75, 3.05) is 31.3 Å². The van der Waals surface area contributed by atoms with Crippen molar-refractivity contribution in [3.8, 4) is 0 Å². The summed E-state index contributed by atoms with van der Waals surface area (Å²) in [6.07, 6.45) is 0.586. The van der Waals surface area contributed by atoms with E-state index in [-0.39, 0.29) is 17.0 Å². The van der Waals surface area contributed by atoms with E-state index in [1.807, 2.05) is 30.3 Å². The summed E-state index contributed by atoms with van der Waals surface area (Å²) in [5, 5.41) is 16.0. The molecule has 2 aromatic heterocycles. The first kappa shape index (κ1) is 33.7. The molecule has 2 fully saturated rings. The number of carboxylic acids is 1. The summed E-state index contributed by atoms with van der Waals surface area (Å²) in [5.41, 5.74) is 1.40. The molecule has 0 aliphatic carbocycles. The molecule has 1 aromatic carbocycles. The second-order valence-corrected chi connectivity index (χ2v) is 13.3. The molecule has 4 heterocycles. The van der Waals surface area contributed by atoms with Gasteiger partial charge in [-0.2, -0.15) is 0 Å². The van der Waals surface area contributed by atoms with Gasteiger partial charge in [0.1, 0.15) is 24.6 Å². The number of aromatic nitrogens is 4. The zero-order valence-electron chi connectivity index (χ0n) is 24.1. The fraction of sp³-hybridized carbons (Fsp3) is 0.400. The highest BCUT2D eigenvalue weighted by molar-refractivity contribution is 7.63. The van der Waals surface area contributed by atoms with Gasteiger partial charge < -0.3 is 34.4 Å². The molecule has 5 rings (SSSR count). The van der Waals surface area contributed by atoms with Gasteiger partial charge >= 0.3 is 27.4 Å². The zero-order chi connectivity index (χ0) is 32.9. The van der Waals surface area contributed by atoms with Crippen LogP contribution in [-0.4, -0.2) is 97.0 Å². The van der Waals surface area contributed by atoms with Crippen molar-refractivity contribution in [3.63, 3.8) is 0 Å². The second kappa shape index (κ2) is 14.4. The molecular formula is C25H31N7O12P2. The minimum Gasteiger partial charge on any atom is -0.480 e. The van der Waals surface area contributed by atoms with Gasteiger partial charge in [-0.3, -0.25) is 29.1 Å². The second-order valence-electron chi connectivity index (χ2n) is 9.90. The normalized spacial score (nSPS) is 25.2. The monoisotopic (exact) mass is 683 g/mol. The molecule has 46 heavy (non-hydrogen) atoms. The van der Waals surface area contributed by atoms with E-state index < -0.39 is 77.7 Å². The lowest BCUT2D eigenvalue weighted by atomic mass is 10.1. The quantitative estimate of drug-likeness (QED) is 0.132. The summed E-state index contributed by atoms with van der Waals surface area (Å²) >= 11 is 0. The molecule has 248 valence electrons. The predicted octanol–water partition coefficient (Wildman–Crippen LogP) is 1.64. The van der Waals surface area contributed by atoms with E-state index in [0.29, 0.717) is 6.54 Å². The van der Waals surface area contributed by atoms with Crippen LogP contribution in [0.5, 0.6) is 0 Å². The van der Waals surface area contributed by atoms with Crippen LogP contribution < -0.4 is 16.0 Å². The Kier molecular flexibility index (Phi) is 10.6. The van der Waals surface area contributed by atoms with Gasteiger partial charge in [0.15, 0.2) is 29.5 Å². The van der Waals surface area contributed by atoms with Crippen LogP contribution in [0, 0.1) is 0 Å². The lowest BCUT2D eigenvalue weighted by Gasteiger charge is -2.21. The smallest absolute Gasteiger partial charge is 0.479 e. The SMILES string of the molecule is CCNC(=O)Nc1ncnc2c1ncn2[C@@H]1O[C@H](COP(=O)(O)OP(=O)(O)CNCC(=O)O)C2O[C@H](/C=C/c3ccccc3)O[C@@H]21. The van der Waals surface area contributed by atoms with Crippen molar-refractivity contribution in [1.82, 2.24) is 30.2 Å². The Bertz CT molecular complexity index is 1680. The van der Waals surface area contributed by atoms with E-state index in [1.54, 1.807) is 19.1 Å². The maximum Gasteiger partial charge on any atom is 0.479 e. The minimum atomic E-state index is -5.16. The minimum absolute atomic E-state index is 0.140. The highest BCUT2D eigenvalue weighted by Gasteiger charge is 2.54. The number of hydrogen-bond donors (Lipinski definition) is 6. The Hall–Kier alpha value is -3.61. The van der Waals surface area contributed by atoms with Crippen molar-refractivity contribution in [2.24, 2.45) is 0 Å². The molecule has 21 heteroatoms. The first-order valence-corrected chi connectivity index (χ1v) is 17.1. The van der Waals surface area contributed by atoms with E-state index in [9.17, 15) is 28.5 Å². The number of ether oxygens (including phenoxy) is 3. The molecule has 0 saturated carbocycles. The number of aliphatic carboxylic acids is 1. The van der Waals surface area contributed by atoms with Gasteiger partial charge in [-0.1, -0.05) is 36.4 Å². The molecule has 7 atom stereocenters. The summed E-state index contributed by atoms with van der Waals surface area (Å²) in [4.78, 5) is 55.5. The summed E-state index contributed by atoms with van der Waals surface area (Å²) in [6, 6.07) is 8.88. The highest BCUT2D eigenvalue weighted by Crippen LogP contribution is 2.59. The standard InChI is InChI=1S/C25H31N7O12P2/c1-2-27-25(35)31-22-19-23(29-12-28-22)32(13-30-19)24-21-20(42-18(43-21)9-8-15-6-4-3-5-7-15)16(41-24)11-40-46(38,39)44-45(36,37)14-26-10-17(33)34/h3-9,12-13,16,18,20-21,24,26H,2,10-11,14H2,1H3,(H,33,34)(H,36,37)(H,38,39)(H2,27,28,29,31,35)/b9-8+/t16-,18+,20?,21+,24-/m1/s1. The third-order valence-corrected chi connectivity index (χ3v) is 9.48. The van der Waals surface area contributed by atoms with Crippen molar-refractivity contribution in [2.45, 2.75) is 37.8 Å². The fourth-order valence-corrected chi connectivity index (χ4v) is 7.13. The topological polar surface area (TPSA) is 255 Å². The van der Waals surface area contributed by atoms with Gasteiger partial charge in [0.2, 0.25) is 0 Å². The largest absolute Gasteiger partial charge is 0.480 e. The molecule has 6 N–H and O–H groups in total. The Labute approximate surface area is 261 Å². The summed E-state index contributed by atoms with van der Waals surface area (Å²) in [5.74, 6) is -1.17. The number of anilines is 1. The molecule has 2 amide bonds. The van der Waals surface area contributed by atoms with Crippen LogP contribution in [0.15, 0.2) is 49.1 Å². The van der Waals surface area contributed by atoms with E-state index >= 15 is 0 Å².